The van der Waals surface area contributed by atoms with E-state index in [9.17, 15) is 15.3 Å². The number of phenolic OH excluding ortho intramolecular Hbond substituents is 3. The molecule has 30 heavy (non-hydrogen) atoms. The number of oxazole rings is 1. The summed E-state index contributed by atoms with van der Waals surface area (Å²) >= 11 is 0. The minimum atomic E-state index is -0.294. The van der Waals surface area contributed by atoms with Crippen molar-refractivity contribution in [2.75, 3.05) is 5.43 Å². The molecule has 1 aromatic heterocycles. The van der Waals surface area contributed by atoms with Gasteiger partial charge in [0.2, 0.25) is 0 Å². The normalized spacial score (nSPS) is 11.4. The highest BCUT2D eigenvalue weighted by molar-refractivity contribution is 6.03. The van der Waals surface area contributed by atoms with E-state index in [1.165, 1.54) is 0 Å². The monoisotopic (exact) mass is 401 g/mol. The molecule has 0 aliphatic heterocycles. The van der Waals surface area contributed by atoms with E-state index in [0.29, 0.717) is 11.5 Å². The zero-order chi connectivity index (χ0) is 21.1. The fourth-order valence-electron chi connectivity index (χ4n) is 3.10. The van der Waals surface area contributed by atoms with Gasteiger partial charge in [0.1, 0.15) is 22.9 Å². The predicted octanol–water partition coefficient (Wildman–Crippen LogP) is 4.96. The molecule has 0 amide bonds. The first-order valence-electron chi connectivity index (χ1n) is 9.20. The number of rotatable bonds is 5. The van der Waals surface area contributed by atoms with E-state index in [1.807, 2.05) is 60.7 Å². The molecule has 0 unspecified atom stereocenters. The molecule has 150 valence electrons. The van der Waals surface area contributed by atoms with Crippen molar-refractivity contribution in [1.82, 2.24) is 4.98 Å². The number of anilines is 1. The van der Waals surface area contributed by atoms with E-state index in [-0.39, 0.29) is 34.5 Å². The number of nitrogens with one attached hydrogen (secondary N) is 1. The summed E-state index contributed by atoms with van der Waals surface area (Å²) in [7, 11) is 0. The minimum Gasteiger partial charge on any atom is -0.508 e. The average Bonchev–Trinajstić information content (AvgIpc) is 3.17. The Balaban J connectivity index is 1.71. The molecule has 0 radical (unpaired) electrons. The number of hydrazone groups is 1. The van der Waals surface area contributed by atoms with Gasteiger partial charge in [-0.1, -0.05) is 60.7 Å². The van der Waals surface area contributed by atoms with Gasteiger partial charge in [-0.2, -0.15) is 10.1 Å². The van der Waals surface area contributed by atoms with Crippen LogP contribution in [-0.4, -0.2) is 26.0 Å². The molecule has 4 N–H and O–H groups in total. The highest BCUT2D eigenvalue weighted by Crippen LogP contribution is 2.35. The average molecular weight is 401 g/mol. The molecule has 0 aliphatic rings. The van der Waals surface area contributed by atoms with Crippen LogP contribution in [0.2, 0.25) is 0 Å². The van der Waals surface area contributed by atoms with Gasteiger partial charge < -0.3 is 19.7 Å². The largest absolute Gasteiger partial charge is 0.508 e. The Labute approximate surface area is 172 Å². The molecular weight excluding hydrogens is 382 g/mol. The number of hydrogen-bond acceptors (Lipinski definition) is 7. The highest BCUT2D eigenvalue weighted by atomic mass is 16.4. The number of aromatic nitrogens is 1. The molecule has 1 heterocycles. The van der Waals surface area contributed by atoms with Crippen LogP contribution in [0.1, 0.15) is 12.5 Å². The molecule has 4 aromatic rings. The van der Waals surface area contributed by atoms with Crippen molar-refractivity contribution < 1.29 is 19.7 Å². The highest BCUT2D eigenvalue weighted by Gasteiger charge is 2.17. The lowest BCUT2D eigenvalue weighted by molar-refractivity contribution is 0.426. The summed E-state index contributed by atoms with van der Waals surface area (Å²) in [6, 6.07) is 21.7. The van der Waals surface area contributed by atoms with Crippen LogP contribution in [0.25, 0.3) is 22.6 Å². The molecule has 0 fully saturated rings. The fraction of sp³-hybridized carbons (Fsp3) is 0.0435. The molecule has 3 aromatic carbocycles. The maximum absolute atomic E-state index is 10.0. The molecule has 0 saturated carbocycles. The van der Waals surface area contributed by atoms with Crippen molar-refractivity contribution in [3.63, 3.8) is 0 Å². The predicted molar refractivity (Wildman–Crippen MR) is 115 cm³/mol. The molecule has 7 heteroatoms. The Morgan fingerprint density at radius 3 is 2.03 bits per heavy atom. The van der Waals surface area contributed by atoms with Crippen molar-refractivity contribution in [3.05, 3.63) is 78.4 Å². The van der Waals surface area contributed by atoms with Crippen LogP contribution in [-0.2, 0) is 0 Å². The van der Waals surface area contributed by atoms with Crippen LogP contribution >= 0.6 is 0 Å². The summed E-state index contributed by atoms with van der Waals surface area (Å²) < 4.78 is 5.93. The fourth-order valence-corrected chi connectivity index (χ4v) is 3.10. The Bertz CT molecular complexity index is 1120. The van der Waals surface area contributed by atoms with Gasteiger partial charge in [0.15, 0.2) is 5.76 Å². The van der Waals surface area contributed by atoms with Gasteiger partial charge in [0.25, 0.3) is 0 Å². The third-order valence-electron chi connectivity index (χ3n) is 4.47. The summed E-state index contributed by atoms with van der Waals surface area (Å²) in [5.41, 5.74) is 5.53. The van der Waals surface area contributed by atoms with E-state index in [0.717, 1.165) is 23.3 Å². The minimum absolute atomic E-state index is 0.0958. The molecule has 0 saturated heterocycles. The lowest BCUT2D eigenvalue weighted by Crippen LogP contribution is -2.01. The van der Waals surface area contributed by atoms with E-state index in [4.69, 9.17) is 4.42 Å². The number of hydrogen-bond donors (Lipinski definition) is 4. The quantitative estimate of drug-likeness (QED) is 0.278. The van der Waals surface area contributed by atoms with Gasteiger partial charge in [0, 0.05) is 23.3 Å². The summed E-state index contributed by atoms with van der Waals surface area (Å²) in [6.45, 7) is 1.60. The standard InChI is InChI=1S/C23H19N3O4/c1-14(20-18(28)12-17(27)13-19(20)29)25-26-23-24-21(15-8-4-2-5-9-15)22(30-23)16-10-6-3-7-11-16/h2-13,27-29H,1H3,(H,24,26)/b25-14+. The van der Waals surface area contributed by atoms with Crippen molar-refractivity contribution in [3.8, 4) is 39.8 Å². The van der Waals surface area contributed by atoms with Crippen LogP contribution < -0.4 is 5.43 Å². The Hall–Kier alpha value is -4.26. The first-order valence-corrected chi connectivity index (χ1v) is 9.20. The van der Waals surface area contributed by atoms with Gasteiger partial charge in [-0.05, 0) is 6.92 Å². The van der Waals surface area contributed by atoms with Gasteiger partial charge in [-0.3, -0.25) is 0 Å². The van der Waals surface area contributed by atoms with Crippen LogP contribution in [0.4, 0.5) is 6.01 Å². The van der Waals surface area contributed by atoms with Crippen LogP contribution in [0.3, 0.4) is 0 Å². The molecule has 0 atom stereocenters. The number of phenols is 3. The maximum Gasteiger partial charge on any atom is 0.316 e. The Morgan fingerprint density at radius 1 is 0.867 bits per heavy atom. The second-order valence-electron chi connectivity index (χ2n) is 6.60. The van der Waals surface area contributed by atoms with Gasteiger partial charge in [-0.15, -0.1) is 0 Å². The van der Waals surface area contributed by atoms with Crippen LogP contribution in [0.15, 0.2) is 82.3 Å². The summed E-state index contributed by atoms with van der Waals surface area (Å²) in [4.78, 5) is 4.53. The summed E-state index contributed by atoms with van der Waals surface area (Å²) in [5, 5.41) is 33.7. The number of benzene rings is 3. The smallest absolute Gasteiger partial charge is 0.316 e. The second-order valence-corrected chi connectivity index (χ2v) is 6.60. The molecule has 0 bridgehead atoms. The number of aromatic hydroxyl groups is 3. The third-order valence-corrected chi connectivity index (χ3v) is 4.47. The zero-order valence-electron chi connectivity index (χ0n) is 16.1. The summed E-state index contributed by atoms with van der Waals surface area (Å²) in [6.07, 6.45) is 0. The van der Waals surface area contributed by atoms with Crippen LogP contribution in [0.5, 0.6) is 17.2 Å². The van der Waals surface area contributed by atoms with E-state index < -0.39 is 0 Å². The van der Waals surface area contributed by atoms with Gasteiger partial charge in [0.05, 0.1) is 11.3 Å². The Morgan fingerprint density at radius 2 is 1.43 bits per heavy atom. The SMILES string of the molecule is C/C(=N\Nc1nc(-c2ccccc2)c(-c2ccccc2)o1)c1c(O)cc(O)cc1O. The van der Waals surface area contributed by atoms with E-state index >= 15 is 0 Å². The van der Waals surface area contributed by atoms with Crippen molar-refractivity contribution >= 4 is 11.7 Å². The number of nitrogens with zero attached hydrogens (tertiary/aromatic N) is 2. The van der Waals surface area contributed by atoms with Gasteiger partial charge >= 0.3 is 6.01 Å². The molecule has 7 nitrogen and oxygen atoms in total. The van der Waals surface area contributed by atoms with E-state index in [2.05, 4.69) is 15.5 Å². The topological polar surface area (TPSA) is 111 Å². The lowest BCUT2D eigenvalue weighted by atomic mass is 10.1. The lowest BCUT2D eigenvalue weighted by Gasteiger charge is -2.07. The van der Waals surface area contributed by atoms with Crippen molar-refractivity contribution in [2.24, 2.45) is 5.10 Å². The molecule has 0 spiro atoms. The van der Waals surface area contributed by atoms with Crippen molar-refractivity contribution in [1.29, 1.82) is 0 Å². The Kier molecular flexibility index (Phi) is 5.09. The molecule has 4 rings (SSSR count). The van der Waals surface area contributed by atoms with Crippen LogP contribution in [0, 0.1) is 0 Å². The molecule has 0 aliphatic carbocycles. The first kappa shape index (κ1) is 19.1. The molecular formula is C23H19N3O4. The first-order chi connectivity index (χ1) is 14.5. The van der Waals surface area contributed by atoms with Crippen molar-refractivity contribution in [2.45, 2.75) is 6.92 Å². The third kappa shape index (κ3) is 3.81. The summed E-state index contributed by atoms with van der Waals surface area (Å²) in [5.74, 6) is -0.245. The van der Waals surface area contributed by atoms with E-state index in [1.54, 1.807) is 6.92 Å². The second kappa shape index (κ2) is 8.00. The maximum atomic E-state index is 10.0. The zero-order valence-corrected chi connectivity index (χ0v) is 16.1. The van der Waals surface area contributed by atoms with Gasteiger partial charge in [-0.25, -0.2) is 5.43 Å².